The number of ketones is 1. The maximum Gasteiger partial charge on any atom is 0.287 e. The van der Waals surface area contributed by atoms with Gasteiger partial charge in [-0.1, -0.05) is 48.0 Å². The normalized spacial score (nSPS) is 21.2. The van der Waals surface area contributed by atoms with Gasteiger partial charge in [-0.05, 0) is 36.0 Å². The number of nitro groups is 1. The SMILES string of the molecule is O=C1CC[C@@H](c2ccccc2)C[C@@H]1c1ccc([N+](=O)[O-])c(Cl)c1. The molecule has 0 N–H and O–H groups in total. The lowest BCUT2D eigenvalue weighted by Crippen LogP contribution is -2.22. The van der Waals surface area contributed by atoms with Crippen LogP contribution in [0.3, 0.4) is 0 Å². The van der Waals surface area contributed by atoms with Crippen LogP contribution >= 0.6 is 11.6 Å². The number of carbonyl (C=O) groups excluding carboxylic acids is 1. The van der Waals surface area contributed by atoms with Crippen LogP contribution in [0.2, 0.25) is 5.02 Å². The number of nitro benzene ring substituents is 1. The van der Waals surface area contributed by atoms with Crippen LogP contribution in [0.15, 0.2) is 48.5 Å². The summed E-state index contributed by atoms with van der Waals surface area (Å²) in [5, 5.41) is 11.0. The molecule has 1 aliphatic carbocycles. The molecule has 1 fully saturated rings. The van der Waals surface area contributed by atoms with E-state index in [1.165, 1.54) is 11.6 Å². The van der Waals surface area contributed by atoms with Gasteiger partial charge in [-0.3, -0.25) is 14.9 Å². The minimum Gasteiger partial charge on any atom is -0.299 e. The third-order valence-electron chi connectivity index (χ3n) is 4.49. The molecule has 0 amide bonds. The van der Waals surface area contributed by atoms with Crippen molar-refractivity contribution in [2.75, 3.05) is 0 Å². The highest BCUT2D eigenvalue weighted by molar-refractivity contribution is 6.32. The van der Waals surface area contributed by atoms with E-state index < -0.39 is 4.92 Å². The second-order valence-corrected chi connectivity index (χ2v) is 6.28. The third kappa shape index (κ3) is 3.27. The van der Waals surface area contributed by atoms with E-state index in [2.05, 4.69) is 12.1 Å². The van der Waals surface area contributed by atoms with Crippen molar-refractivity contribution >= 4 is 23.1 Å². The largest absolute Gasteiger partial charge is 0.299 e. The number of halogens is 1. The zero-order chi connectivity index (χ0) is 16.4. The fourth-order valence-electron chi connectivity index (χ4n) is 3.26. The highest BCUT2D eigenvalue weighted by Crippen LogP contribution is 2.40. The number of hydrogen-bond acceptors (Lipinski definition) is 3. The molecule has 2 aromatic carbocycles. The molecule has 0 saturated heterocycles. The van der Waals surface area contributed by atoms with Gasteiger partial charge in [0.15, 0.2) is 0 Å². The summed E-state index contributed by atoms with van der Waals surface area (Å²) in [7, 11) is 0. The summed E-state index contributed by atoms with van der Waals surface area (Å²) in [6.07, 6.45) is 2.09. The number of hydrogen-bond donors (Lipinski definition) is 0. The number of carbonyl (C=O) groups is 1. The van der Waals surface area contributed by atoms with Crippen LogP contribution in [0.25, 0.3) is 0 Å². The molecule has 2 atom stereocenters. The molecule has 1 aliphatic rings. The van der Waals surface area contributed by atoms with Crippen molar-refractivity contribution in [3.05, 3.63) is 74.8 Å². The van der Waals surface area contributed by atoms with Gasteiger partial charge in [-0.15, -0.1) is 0 Å². The van der Waals surface area contributed by atoms with Crippen LogP contribution in [0.4, 0.5) is 5.69 Å². The second kappa shape index (κ2) is 6.50. The first kappa shape index (κ1) is 15.7. The van der Waals surface area contributed by atoms with Gasteiger partial charge in [-0.25, -0.2) is 0 Å². The lowest BCUT2D eigenvalue weighted by atomic mass is 9.74. The maximum absolute atomic E-state index is 12.3. The molecule has 0 bridgehead atoms. The predicted molar refractivity (Wildman–Crippen MR) is 88.9 cm³/mol. The van der Waals surface area contributed by atoms with Gasteiger partial charge in [-0.2, -0.15) is 0 Å². The van der Waals surface area contributed by atoms with E-state index in [-0.39, 0.29) is 22.4 Å². The molecular weight excluding hydrogens is 314 g/mol. The Morgan fingerprint density at radius 2 is 1.83 bits per heavy atom. The topological polar surface area (TPSA) is 60.2 Å². The van der Waals surface area contributed by atoms with Gasteiger partial charge in [0, 0.05) is 18.4 Å². The molecule has 1 saturated carbocycles. The Morgan fingerprint density at radius 1 is 1.09 bits per heavy atom. The van der Waals surface area contributed by atoms with E-state index in [1.54, 1.807) is 12.1 Å². The van der Waals surface area contributed by atoms with E-state index in [9.17, 15) is 14.9 Å². The minimum absolute atomic E-state index is 0.0853. The summed E-state index contributed by atoms with van der Waals surface area (Å²) in [5.41, 5.74) is 1.88. The number of rotatable bonds is 3. The fourth-order valence-corrected chi connectivity index (χ4v) is 3.52. The molecule has 0 aliphatic heterocycles. The van der Waals surface area contributed by atoms with E-state index in [1.807, 2.05) is 18.2 Å². The molecule has 2 aromatic rings. The van der Waals surface area contributed by atoms with Crippen LogP contribution in [0.1, 0.15) is 42.2 Å². The molecule has 118 valence electrons. The quantitative estimate of drug-likeness (QED) is 0.596. The first-order chi connectivity index (χ1) is 11.1. The van der Waals surface area contributed by atoms with Crippen LogP contribution in [-0.4, -0.2) is 10.7 Å². The molecule has 3 rings (SSSR count). The van der Waals surface area contributed by atoms with Crippen molar-refractivity contribution in [1.82, 2.24) is 0 Å². The Balaban J connectivity index is 1.87. The summed E-state index contributed by atoms with van der Waals surface area (Å²) in [5.74, 6) is 0.266. The number of Topliss-reactive ketones (excluding diaryl/α,β-unsaturated/α-hetero) is 1. The van der Waals surface area contributed by atoms with Crippen molar-refractivity contribution in [2.45, 2.75) is 31.1 Å². The summed E-state index contributed by atoms with van der Waals surface area (Å²) in [4.78, 5) is 22.7. The molecular formula is C18H16ClNO3. The molecule has 0 unspecified atom stereocenters. The van der Waals surface area contributed by atoms with Crippen LogP contribution in [0, 0.1) is 10.1 Å². The first-order valence-corrected chi connectivity index (χ1v) is 7.95. The lowest BCUT2D eigenvalue weighted by molar-refractivity contribution is -0.384. The minimum atomic E-state index is -0.512. The Kier molecular flexibility index (Phi) is 4.44. The van der Waals surface area contributed by atoms with Crippen LogP contribution in [-0.2, 0) is 4.79 Å². The second-order valence-electron chi connectivity index (χ2n) is 5.87. The summed E-state index contributed by atoms with van der Waals surface area (Å²) in [6.45, 7) is 0. The average Bonchev–Trinajstić information content (AvgIpc) is 2.55. The third-order valence-corrected chi connectivity index (χ3v) is 4.79. The number of benzene rings is 2. The van der Waals surface area contributed by atoms with Gasteiger partial charge in [0.05, 0.1) is 4.92 Å². The number of nitrogens with zero attached hydrogens (tertiary/aromatic N) is 1. The Morgan fingerprint density at radius 3 is 2.48 bits per heavy atom. The molecule has 0 spiro atoms. The summed E-state index contributed by atoms with van der Waals surface area (Å²) < 4.78 is 0. The zero-order valence-electron chi connectivity index (χ0n) is 12.4. The van der Waals surface area contributed by atoms with Crippen molar-refractivity contribution in [2.24, 2.45) is 0 Å². The smallest absolute Gasteiger partial charge is 0.287 e. The predicted octanol–water partition coefficient (Wildman–Crippen LogP) is 4.87. The summed E-state index contributed by atoms with van der Waals surface area (Å²) in [6, 6.07) is 14.8. The van der Waals surface area contributed by atoms with E-state index >= 15 is 0 Å². The van der Waals surface area contributed by atoms with Gasteiger partial charge in [0.25, 0.3) is 5.69 Å². The lowest BCUT2D eigenvalue weighted by Gasteiger charge is -2.28. The van der Waals surface area contributed by atoms with E-state index in [0.717, 1.165) is 18.4 Å². The van der Waals surface area contributed by atoms with Crippen molar-refractivity contribution in [1.29, 1.82) is 0 Å². The summed E-state index contributed by atoms with van der Waals surface area (Å²) >= 11 is 5.99. The monoisotopic (exact) mass is 329 g/mol. The molecule has 0 heterocycles. The Labute approximate surface area is 139 Å². The molecule has 0 radical (unpaired) electrons. The van der Waals surface area contributed by atoms with Crippen molar-refractivity contribution in [3.63, 3.8) is 0 Å². The van der Waals surface area contributed by atoms with Gasteiger partial charge >= 0.3 is 0 Å². The van der Waals surface area contributed by atoms with Crippen molar-refractivity contribution in [3.8, 4) is 0 Å². The van der Waals surface area contributed by atoms with Gasteiger partial charge in [0.2, 0.25) is 0 Å². The van der Waals surface area contributed by atoms with Gasteiger partial charge in [0.1, 0.15) is 10.8 Å². The van der Waals surface area contributed by atoms with E-state index in [0.29, 0.717) is 12.3 Å². The van der Waals surface area contributed by atoms with Crippen LogP contribution < -0.4 is 0 Å². The van der Waals surface area contributed by atoms with Crippen molar-refractivity contribution < 1.29 is 9.72 Å². The molecule has 0 aromatic heterocycles. The fraction of sp³-hybridized carbons (Fsp3) is 0.278. The van der Waals surface area contributed by atoms with E-state index in [4.69, 9.17) is 11.6 Å². The van der Waals surface area contributed by atoms with Gasteiger partial charge < -0.3 is 0 Å². The Hall–Kier alpha value is -2.20. The Bertz CT molecular complexity index is 745. The maximum atomic E-state index is 12.3. The zero-order valence-corrected chi connectivity index (χ0v) is 13.2. The average molecular weight is 330 g/mol. The molecule has 4 nitrogen and oxygen atoms in total. The standard InChI is InChI=1S/C18H16ClNO3/c19-16-11-14(6-8-17(16)20(22)23)15-10-13(7-9-18(15)21)12-4-2-1-3-5-12/h1-6,8,11,13,15H,7,9-10H2/t13-,15-/m1/s1. The highest BCUT2D eigenvalue weighted by Gasteiger charge is 2.31. The molecule has 23 heavy (non-hydrogen) atoms. The highest BCUT2D eigenvalue weighted by atomic mass is 35.5. The first-order valence-electron chi connectivity index (χ1n) is 7.57. The molecule has 5 heteroatoms. The van der Waals surface area contributed by atoms with Crippen LogP contribution in [0.5, 0.6) is 0 Å².